The minimum Gasteiger partial charge on any atom is -0.459 e. The van der Waals surface area contributed by atoms with Gasteiger partial charge in [0, 0.05) is 24.4 Å². The molecule has 0 unspecified atom stereocenters. The number of fused-ring (bicyclic) bond motifs is 1. The van der Waals surface area contributed by atoms with Crippen molar-refractivity contribution in [1.82, 2.24) is 16.0 Å². The van der Waals surface area contributed by atoms with Crippen molar-refractivity contribution in [3.63, 3.8) is 0 Å². The minimum atomic E-state index is -0.217. The molecule has 1 aromatic heterocycles. The van der Waals surface area contributed by atoms with Gasteiger partial charge in [0.15, 0.2) is 0 Å². The van der Waals surface area contributed by atoms with Crippen LogP contribution in [0.3, 0.4) is 0 Å². The molecule has 3 rings (SSSR count). The first-order valence-electron chi connectivity index (χ1n) is 9.44. The van der Waals surface area contributed by atoms with Crippen molar-refractivity contribution in [1.29, 1.82) is 0 Å². The predicted octanol–water partition coefficient (Wildman–Crippen LogP) is 3.63. The van der Waals surface area contributed by atoms with Gasteiger partial charge in [-0.25, -0.2) is 4.79 Å². The number of carbonyl (C=O) groups excluding carboxylic acids is 2. The Kier molecular flexibility index (Phi) is 6.15. The van der Waals surface area contributed by atoms with Gasteiger partial charge in [-0.1, -0.05) is 37.5 Å². The number of para-hydroxylation sites is 1. The van der Waals surface area contributed by atoms with Crippen LogP contribution in [0, 0.1) is 0 Å². The molecule has 1 aliphatic rings. The van der Waals surface area contributed by atoms with Crippen molar-refractivity contribution < 1.29 is 14.0 Å². The molecule has 3 N–H and O–H groups in total. The first-order chi connectivity index (χ1) is 12.6. The summed E-state index contributed by atoms with van der Waals surface area (Å²) in [7, 11) is 0. The zero-order valence-electron chi connectivity index (χ0n) is 15.2. The van der Waals surface area contributed by atoms with Crippen molar-refractivity contribution in [3.8, 4) is 0 Å². The second-order valence-electron chi connectivity index (χ2n) is 6.96. The number of hydrogen-bond acceptors (Lipinski definition) is 3. The summed E-state index contributed by atoms with van der Waals surface area (Å²) in [4.78, 5) is 24.0. The molecule has 1 saturated carbocycles. The number of rotatable bonds is 6. The van der Waals surface area contributed by atoms with Crippen LogP contribution in [0.15, 0.2) is 34.7 Å². The van der Waals surface area contributed by atoms with Crippen molar-refractivity contribution >= 4 is 22.9 Å². The fraction of sp³-hybridized carbons (Fsp3) is 0.500. The lowest BCUT2D eigenvalue weighted by molar-refractivity contribution is -0.121. The van der Waals surface area contributed by atoms with Crippen molar-refractivity contribution in [2.45, 2.75) is 57.5 Å². The van der Waals surface area contributed by atoms with Gasteiger partial charge >= 0.3 is 6.03 Å². The Hall–Kier alpha value is -2.50. The Morgan fingerprint density at radius 2 is 1.96 bits per heavy atom. The summed E-state index contributed by atoms with van der Waals surface area (Å²) in [5.41, 5.74) is 0.810. The first kappa shape index (κ1) is 18.3. The normalized spacial score (nSPS) is 16.2. The maximum Gasteiger partial charge on any atom is 0.315 e. The smallest absolute Gasteiger partial charge is 0.315 e. The predicted molar refractivity (Wildman–Crippen MR) is 101 cm³/mol. The average Bonchev–Trinajstić information content (AvgIpc) is 3.07. The first-order valence-corrected chi connectivity index (χ1v) is 9.44. The van der Waals surface area contributed by atoms with E-state index in [9.17, 15) is 9.59 Å². The summed E-state index contributed by atoms with van der Waals surface area (Å²) < 4.78 is 5.76. The van der Waals surface area contributed by atoms with Gasteiger partial charge in [-0.05, 0) is 31.9 Å². The van der Waals surface area contributed by atoms with E-state index in [1.807, 2.05) is 37.3 Å². The highest BCUT2D eigenvalue weighted by atomic mass is 16.3. The lowest BCUT2D eigenvalue weighted by atomic mass is 9.96. The highest BCUT2D eigenvalue weighted by molar-refractivity contribution is 5.80. The lowest BCUT2D eigenvalue weighted by Gasteiger charge is -2.22. The Morgan fingerprint density at radius 3 is 2.73 bits per heavy atom. The number of nitrogens with one attached hydrogen (secondary N) is 3. The van der Waals surface area contributed by atoms with E-state index >= 15 is 0 Å². The number of hydrogen-bond donors (Lipinski definition) is 3. The molecule has 6 nitrogen and oxygen atoms in total. The molecule has 2 aromatic rings. The molecule has 0 spiro atoms. The van der Waals surface area contributed by atoms with Gasteiger partial charge in [-0.15, -0.1) is 0 Å². The van der Waals surface area contributed by atoms with E-state index in [1.165, 1.54) is 19.3 Å². The van der Waals surface area contributed by atoms with Crippen molar-refractivity contribution in [2.75, 3.05) is 6.54 Å². The fourth-order valence-electron chi connectivity index (χ4n) is 3.37. The number of amides is 3. The van der Waals surface area contributed by atoms with Crippen molar-refractivity contribution in [2.24, 2.45) is 0 Å². The van der Waals surface area contributed by atoms with Gasteiger partial charge in [0.25, 0.3) is 0 Å². The van der Waals surface area contributed by atoms with E-state index in [-0.39, 0.29) is 30.4 Å². The molecule has 3 amide bonds. The highest BCUT2D eigenvalue weighted by Crippen LogP contribution is 2.23. The molecular formula is C20H27N3O3. The molecule has 1 fully saturated rings. The van der Waals surface area contributed by atoms with Crippen LogP contribution in [0.1, 0.15) is 57.3 Å². The number of furan rings is 1. The topological polar surface area (TPSA) is 83.4 Å². The van der Waals surface area contributed by atoms with Crippen LogP contribution in [0.5, 0.6) is 0 Å². The molecule has 26 heavy (non-hydrogen) atoms. The molecule has 140 valence electrons. The summed E-state index contributed by atoms with van der Waals surface area (Å²) in [5, 5.41) is 9.66. The van der Waals surface area contributed by atoms with E-state index in [4.69, 9.17) is 4.42 Å². The third kappa shape index (κ3) is 5.00. The third-order valence-corrected chi connectivity index (χ3v) is 4.83. The second-order valence-corrected chi connectivity index (χ2v) is 6.96. The van der Waals surface area contributed by atoms with Crippen LogP contribution in [0.25, 0.3) is 11.0 Å². The molecule has 0 saturated heterocycles. The minimum absolute atomic E-state index is 0.115. The van der Waals surface area contributed by atoms with E-state index in [2.05, 4.69) is 16.0 Å². The Balaban J connectivity index is 1.38. The van der Waals surface area contributed by atoms with Crippen LogP contribution in [-0.2, 0) is 4.79 Å². The zero-order chi connectivity index (χ0) is 18.4. The van der Waals surface area contributed by atoms with Gasteiger partial charge in [0.2, 0.25) is 5.91 Å². The van der Waals surface area contributed by atoms with E-state index < -0.39 is 0 Å². The molecule has 0 radical (unpaired) electrons. The summed E-state index contributed by atoms with van der Waals surface area (Å²) >= 11 is 0. The molecule has 0 bridgehead atoms. The number of urea groups is 1. The van der Waals surface area contributed by atoms with E-state index in [0.29, 0.717) is 6.54 Å². The zero-order valence-corrected chi connectivity index (χ0v) is 15.2. The van der Waals surface area contributed by atoms with Gasteiger partial charge in [0.1, 0.15) is 11.3 Å². The van der Waals surface area contributed by atoms with Gasteiger partial charge in [-0.3, -0.25) is 4.79 Å². The van der Waals surface area contributed by atoms with Crippen molar-refractivity contribution in [3.05, 3.63) is 36.1 Å². The summed E-state index contributed by atoms with van der Waals surface area (Å²) in [6, 6.07) is 9.56. The van der Waals surface area contributed by atoms with Gasteiger partial charge in [-0.2, -0.15) is 0 Å². The molecule has 1 atom stereocenters. The van der Waals surface area contributed by atoms with Crippen LogP contribution in [0.2, 0.25) is 0 Å². The Labute approximate surface area is 153 Å². The number of carbonyl (C=O) groups is 2. The Bertz CT molecular complexity index is 717. The average molecular weight is 357 g/mol. The lowest BCUT2D eigenvalue weighted by Crippen LogP contribution is -2.43. The van der Waals surface area contributed by atoms with Crippen LogP contribution in [0.4, 0.5) is 4.79 Å². The monoisotopic (exact) mass is 357 g/mol. The maximum absolute atomic E-state index is 12.1. The molecule has 1 aromatic carbocycles. The van der Waals surface area contributed by atoms with E-state index in [0.717, 1.165) is 29.6 Å². The quantitative estimate of drug-likeness (QED) is 0.738. The van der Waals surface area contributed by atoms with Gasteiger partial charge < -0.3 is 20.4 Å². The fourth-order valence-corrected chi connectivity index (χ4v) is 3.37. The maximum atomic E-state index is 12.1. The number of benzene rings is 1. The SMILES string of the molecule is C[C@@H](NC(=O)CCNC(=O)NC1CCCCC1)c1cc2ccccc2o1. The molecule has 6 heteroatoms. The summed E-state index contributed by atoms with van der Waals surface area (Å²) in [5.74, 6) is 0.610. The molecule has 0 aliphatic heterocycles. The highest BCUT2D eigenvalue weighted by Gasteiger charge is 2.16. The summed E-state index contributed by atoms with van der Waals surface area (Å²) in [6.45, 7) is 2.20. The Morgan fingerprint density at radius 1 is 1.19 bits per heavy atom. The van der Waals surface area contributed by atoms with Crippen LogP contribution < -0.4 is 16.0 Å². The third-order valence-electron chi connectivity index (χ3n) is 4.83. The van der Waals surface area contributed by atoms with E-state index in [1.54, 1.807) is 0 Å². The molecular weight excluding hydrogens is 330 g/mol. The molecule has 1 aliphatic carbocycles. The summed E-state index contributed by atoms with van der Waals surface area (Å²) in [6.07, 6.45) is 5.93. The standard InChI is InChI=1S/C20H27N3O3/c1-14(18-13-15-7-5-6-10-17(15)26-18)22-19(24)11-12-21-20(25)23-16-8-3-2-4-9-16/h5-7,10,13-14,16H,2-4,8-9,11-12H2,1H3,(H,22,24)(H2,21,23,25)/t14-/m1/s1. The van der Waals surface area contributed by atoms with Crippen LogP contribution >= 0.6 is 0 Å². The largest absolute Gasteiger partial charge is 0.459 e. The molecule has 1 heterocycles. The van der Waals surface area contributed by atoms with Crippen LogP contribution in [-0.4, -0.2) is 24.5 Å². The second kappa shape index (κ2) is 8.74. The van der Waals surface area contributed by atoms with Gasteiger partial charge in [0.05, 0.1) is 6.04 Å².